The van der Waals surface area contributed by atoms with Gasteiger partial charge in [-0.25, -0.2) is 0 Å². The van der Waals surface area contributed by atoms with Crippen LogP contribution in [0, 0.1) is 20.2 Å². The normalized spacial score (nSPS) is 12.8. The van der Waals surface area contributed by atoms with Gasteiger partial charge < -0.3 is 34.9 Å². The lowest BCUT2D eigenvalue weighted by Gasteiger charge is -2.34. The highest BCUT2D eigenvalue weighted by atomic mass is 16.6. The van der Waals surface area contributed by atoms with Gasteiger partial charge >= 0.3 is 11.6 Å². The lowest BCUT2D eigenvalue weighted by Crippen LogP contribution is -2.34. The molecule has 3 rings (SSSR count). The van der Waals surface area contributed by atoms with E-state index in [1.165, 1.54) is 12.1 Å². The fourth-order valence-corrected chi connectivity index (χ4v) is 3.66. The Labute approximate surface area is 186 Å². The Hall–Kier alpha value is -3.38. The van der Waals surface area contributed by atoms with Crippen LogP contribution in [0.1, 0.15) is 12.8 Å². The van der Waals surface area contributed by atoms with Crippen LogP contribution in [0.15, 0.2) is 24.3 Å². The van der Waals surface area contributed by atoms with Crippen LogP contribution in [-0.2, 0) is 0 Å². The van der Waals surface area contributed by atoms with Crippen LogP contribution in [-0.4, -0.2) is 84.0 Å². The van der Waals surface area contributed by atoms with Crippen molar-refractivity contribution in [2.45, 2.75) is 12.8 Å². The monoisotopic (exact) mass is 444 g/mol. The Bertz CT molecular complexity index is 932. The summed E-state index contributed by atoms with van der Waals surface area (Å²) in [7, 11) is 7.88. The van der Waals surface area contributed by atoms with Crippen molar-refractivity contribution in [3.8, 4) is 0 Å². The third kappa shape index (κ3) is 5.08. The molecule has 0 aromatic carbocycles. The number of hydrogen-bond acceptors (Lipinski definition) is 10. The number of pyridine rings is 2. The van der Waals surface area contributed by atoms with Crippen LogP contribution in [0.25, 0.3) is 0 Å². The molecule has 0 radical (unpaired) electrons. The predicted molar refractivity (Wildman–Crippen MR) is 122 cm³/mol. The average molecular weight is 444 g/mol. The highest BCUT2D eigenvalue weighted by Gasteiger charge is 2.38. The molecule has 3 heterocycles. The molecule has 0 fully saturated rings. The molecule has 0 saturated heterocycles. The minimum atomic E-state index is -0.537. The van der Waals surface area contributed by atoms with E-state index >= 15 is 0 Å². The molecule has 32 heavy (non-hydrogen) atoms. The number of nitrogens with zero attached hydrogens (tertiary/aromatic N) is 8. The highest BCUT2D eigenvalue weighted by molar-refractivity contribution is 5.90. The molecule has 1 aliphatic rings. The van der Waals surface area contributed by atoms with Gasteiger partial charge in [-0.1, -0.05) is 0 Å². The lowest BCUT2D eigenvalue weighted by molar-refractivity contribution is -0.389. The van der Waals surface area contributed by atoms with E-state index in [4.69, 9.17) is 0 Å². The quantitative estimate of drug-likeness (QED) is 0.399. The molecule has 2 aromatic heterocycles. The molecule has 172 valence electrons. The van der Waals surface area contributed by atoms with Crippen LogP contribution in [0.2, 0.25) is 0 Å². The number of anilines is 4. The van der Waals surface area contributed by atoms with Gasteiger partial charge in [0.05, 0.1) is 0 Å². The van der Waals surface area contributed by atoms with Gasteiger partial charge in [0, 0.05) is 25.2 Å². The number of rotatable bonds is 10. The smallest absolute Gasteiger partial charge is 0.358 e. The first-order valence-electron chi connectivity index (χ1n) is 10.3. The average Bonchev–Trinajstić information content (AvgIpc) is 2.73. The molecule has 12 nitrogen and oxygen atoms in total. The number of aromatic nitrogens is 2. The summed E-state index contributed by atoms with van der Waals surface area (Å²) in [5.41, 5.74) is 1.45. The Morgan fingerprint density at radius 3 is 1.53 bits per heavy atom. The van der Waals surface area contributed by atoms with Crippen LogP contribution in [0.5, 0.6) is 0 Å². The van der Waals surface area contributed by atoms with Crippen molar-refractivity contribution in [2.24, 2.45) is 0 Å². The predicted octanol–water partition coefficient (Wildman–Crippen LogP) is 2.79. The topological polar surface area (TPSA) is 125 Å². The van der Waals surface area contributed by atoms with Crippen molar-refractivity contribution in [1.82, 2.24) is 19.8 Å². The minimum absolute atomic E-state index is 0.275. The second kappa shape index (κ2) is 9.83. The van der Waals surface area contributed by atoms with E-state index in [1.807, 2.05) is 38.0 Å². The Morgan fingerprint density at radius 2 is 1.16 bits per heavy atom. The third-order valence-electron chi connectivity index (χ3n) is 5.12. The first-order valence-corrected chi connectivity index (χ1v) is 10.3. The second-order valence-corrected chi connectivity index (χ2v) is 8.16. The maximum atomic E-state index is 11.4. The Kier molecular flexibility index (Phi) is 7.15. The molecule has 0 aliphatic carbocycles. The zero-order valence-electron chi connectivity index (χ0n) is 18.8. The second-order valence-electron chi connectivity index (χ2n) is 8.16. The summed E-state index contributed by atoms with van der Waals surface area (Å²) in [6.45, 7) is 2.70. The fourth-order valence-electron chi connectivity index (χ4n) is 3.66. The maximum Gasteiger partial charge on any atom is 0.366 e. The summed E-state index contributed by atoms with van der Waals surface area (Å²) >= 11 is 0. The van der Waals surface area contributed by atoms with E-state index in [1.54, 1.807) is 17.0 Å². The van der Waals surface area contributed by atoms with Gasteiger partial charge in [-0.05, 0) is 86.1 Å². The van der Waals surface area contributed by atoms with Crippen molar-refractivity contribution < 1.29 is 9.85 Å². The standard InChI is InChI=1S/C20H28N8O4/c1-23(2)11-5-13-25-15-7-9-17(27(29)30)21-19(15)26(14-6-12-24(3)4)20-16(25)8-10-18(22-20)28(31)32/h7-10H,5-6,11-14H2,1-4H3. The molecule has 0 N–H and O–H groups in total. The van der Waals surface area contributed by atoms with E-state index in [9.17, 15) is 20.2 Å². The largest absolute Gasteiger partial charge is 0.366 e. The van der Waals surface area contributed by atoms with Gasteiger partial charge in [0.25, 0.3) is 11.6 Å². The van der Waals surface area contributed by atoms with Gasteiger partial charge in [-0.3, -0.25) is 4.90 Å². The third-order valence-corrected chi connectivity index (χ3v) is 5.12. The zero-order valence-corrected chi connectivity index (χ0v) is 18.8. The molecule has 2 aromatic rings. The molecule has 0 amide bonds. The van der Waals surface area contributed by atoms with E-state index in [2.05, 4.69) is 14.9 Å². The van der Waals surface area contributed by atoms with Crippen LogP contribution in [0.3, 0.4) is 0 Å². The Morgan fingerprint density at radius 1 is 0.750 bits per heavy atom. The molecule has 0 bridgehead atoms. The SMILES string of the molecule is CN(C)CCCN1c2ccc([N+](=O)[O-])nc2N(CCCN(C)C)c2nc([N+](=O)[O-])ccc21. The molecule has 1 aliphatic heterocycles. The van der Waals surface area contributed by atoms with Crippen molar-refractivity contribution in [2.75, 3.05) is 64.2 Å². The number of hydrogen-bond donors (Lipinski definition) is 0. The van der Waals surface area contributed by atoms with Gasteiger partial charge in [-0.15, -0.1) is 0 Å². The van der Waals surface area contributed by atoms with Crippen LogP contribution >= 0.6 is 0 Å². The van der Waals surface area contributed by atoms with Crippen molar-refractivity contribution in [3.05, 3.63) is 44.5 Å². The number of nitro groups is 2. The summed E-state index contributed by atoms with van der Waals surface area (Å²) in [5.74, 6) is 0.235. The molecule has 0 atom stereocenters. The van der Waals surface area contributed by atoms with Gasteiger partial charge in [0.1, 0.15) is 11.4 Å². The molecule has 0 saturated carbocycles. The molecule has 12 heteroatoms. The van der Waals surface area contributed by atoms with Gasteiger partial charge in [0.2, 0.25) is 0 Å². The summed E-state index contributed by atoms with van der Waals surface area (Å²) in [6.07, 6.45) is 1.54. The number of fused-ring (bicyclic) bond motifs is 2. The highest BCUT2D eigenvalue weighted by Crippen LogP contribution is 2.47. The van der Waals surface area contributed by atoms with Gasteiger partial charge in [-0.2, -0.15) is 0 Å². The van der Waals surface area contributed by atoms with Crippen LogP contribution < -0.4 is 9.80 Å². The molecular formula is C20H28N8O4. The van der Waals surface area contributed by atoms with E-state index in [-0.39, 0.29) is 11.6 Å². The van der Waals surface area contributed by atoms with Gasteiger partial charge in [0.15, 0.2) is 0 Å². The summed E-state index contributed by atoms with van der Waals surface area (Å²) in [4.78, 5) is 38.2. The fraction of sp³-hybridized carbons (Fsp3) is 0.500. The maximum absolute atomic E-state index is 11.4. The first kappa shape index (κ1) is 23.3. The summed E-state index contributed by atoms with van der Waals surface area (Å²) < 4.78 is 0. The molecule has 0 spiro atoms. The minimum Gasteiger partial charge on any atom is -0.358 e. The summed E-state index contributed by atoms with van der Waals surface area (Å²) in [6, 6.07) is 6.16. The summed E-state index contributed by atoms with van der Waals surface area (Å²) in [5, 5.41) is 22.8. The Balaban J connectivity index is 2.11. The zero-order chi connectivity index (χ0) is 23.4. The van der Waals surface area contributed by atoms with E-state index in [0.29, 0.717) is 24.7 Å². The van der Waals surface area contributed by atoms with Crippen molar-refractivity contribution >= 4 is 34.6 Å². The first-order chi connectivity index (χ1) is 15.2. The molecular weight excluding hydrogens is 416 g/mol. The lowest BCUT2D eigenvalue weighted by atomic mass is 10.1. The van der Waals surface area contributed by atoms with Crippen molar-refractivity contribution in [3.63, 3.8) is 0 Å². The van der Waals surface area contributed by atoms with E-state index < -0.39 is 9.85 Å². The van der Waals surface area contributed by atoms with Crippen molar-refractivity contribution in [1.29, 1.82) is 0 Å². The molecule has 0 unspecified atom stereocenters. The van der Waals surface area contributed by atoms with Crippen LogP contribution in [0.4, 0.5) is 34.6 Å². The van der Waals surface area contributed by atoms with E-state index in [0.717, 1.165) is 37.3 Å².